The largest absolute Gasteiger partial charge is 0.389 e. The van der Waals surface area contributed by atoms with Crippen molar-refractivity contribution in [2.24, 2.45) is 0 Å². The molecule has 1 fully saturated rings. The maximum Gasteiger partial charge on any atom is 0.0771 e. The van der Waals surface area contributed by atoms with Crippen molar-refractivity contribution in [3.63, 3.8) is 0 Å². The van der Waals surface area contributed by atoms with Gasteiger partial charge in [0.15, 0.2) is 0 Å². The molecule has 0 amide bonds. The number of hydrogen-bond acceptors (Lipinski definition) is 3. The lowest BCUT2D eigenvalue weighted by Crippen LogP contribution is -2.47. The van der Waals surface area contributed by atoms with Crippen LogP contribution < -0.4 is 5.32 Å². The number of hydrogen-bond donors (Lipinski definition) is 2. The number of aryl methyl sites for hydroxylation is 1. The van der Waals surface area contributed by atoms with Gasteiger partial charge in [0.05, 0.1) is 5.60 Å². The topological polar surface area (TPSA) is 32.3 Å². The average molecular weight is 277 g/mol. The van der Waals surface area contributed by atoms with E-state index in [9.17, 15) is 5.11 Å². The Bertz CT molecular complexity index is 456. The van der Waals surface area contributed by atoms with E-state index in [-0.39, 0.29) is 0 Å². The zero-order valence-electron chi connectivity index (χ0n) is 11.6. The Labute approximate surface area is 120 Å². The molecule has 1 saturated carbocycles. The molecule has 1 aromatic carbocycles. The number of aliphatic hydroxyl groups is 1. The van der Waals surface area contributed by atoms with Crippen molar-refractivity contribution in [3.8, 4) is 0 Å². The smallest absolute Gasteiger partial charge is 0.0771 e. The lowest BCUT2D eigenvalue weighted by Gasteiger charge is -2.39. The zero-order valence-corrected chi connectivity index (χ0v) is 12.4. The highest BCUT2D eigenvalue weighted by Gasteiger charge is 2.35. The minimum Gasteiger partial charge on any atom is -0.389 e. The molecule has 0 heterocycles. The van der Waals surface area contributed by atoms with Crippen LogP contribution in [-0.4, -0.2) is 23.5 Å². The fourth-order valence-electron chi connectivity index (χ4n) is 3.20. The summed E-state index contributed by atoms with van der Waals surface area (Å²) >= 11 is 1.81. The van der Waals surface area contributed by atoms with Gasteiger partial charge in [0.2, 0.25) is 0 Å². The third-order valence-corrected chi connectivity index (χ3v) is 5.35. The Balaban J connectivity index is 1.71. The molecular weight excluding hydrogens is 254 g/mol. The van der Waals surface area contributed by atoms with Crippen molar-refractivity contribution in [2.45, 2.75) is 55.1 Å². The zero-order chi connectivity index (χ0) is 13.3. The molecule has 2 aliphatic carbocycles. The van der Waals surface area contributed by atoms with Gasteiger partial charge in [0.25, 0.3) is 0 Å². The normalized spacial score (nSPS) is 24.6. The van der Waals surface area contributed by atoms with E-state index in [0.717, 1.165) is 19.4 Å². The molecule has 0 saturated heterocycles. The van der Waals surface area contributed by atoms with E-state index in [4.69, 9.17) is 0 Å². The molecule has 3 rings (SSSR count). The first kappa shape index (κ1) is 13.5. The summed E-state index contributed by atoms with van der Waals surface area (Å²) in [5.74, 6) is 0. The molecule has 2 N–H and O–H groups in total. The fraction of sp³-hybridized carbons (Fsp3) is 0.625. The van der Waals surface area contributed by atoms with E-state index in [2.05, 4.69) is 29.8 Å². The van der Waals surface area contributed by atoms with Crippen LogP contribution in [0.5, 0.6) is 0 Å². The second kappa shape index (κ2) is 5.47. The summed E-state index contributed by atoms with van der Waals surface area (Å²) in [6, 6.07) is 7.28. The molecule has 3 heteroatoms. The van der Waals surface area contributed by atoms with Gasteiger partial charge in [-0.1, -0.05) is 6.07 Å². The number of rotatable bonds is 4. The summed E-state index contributed by atoms with van der Waals surface area (Å²) in [6.45, 7) is 0.751. The van der Waals surface area contributed by atoms with Crippen LogP contribution in [0.15, 0.2) is 23.1 Å². The van der Waals surface area contributed by atoms with E-state index >= 15 is 0 Å². The lowest BCUT2D eigenvalue weighted by atomic mass is 9.79. The monoisotopic (exact) mass is 277 g/mol. The van der Waals surface area contributed by atoms with Gasteiger partial charge >= 0.3 is 0 Å². The number of nitrogens with one attached hydrogen (secondary N) is 1. The van der Waals surface area contributed by atoms with Gasteiger partial charge in [-0.25, -0.2) is 0 Å². The van der Waals surface area contributed by atoms with Gasteiger partial charge in [-0.05, 0) is 68.0 Å². The summed E-state index contributed by atoms with van der Waals surface area (Å²) in [6.07, 6.45) is 8.88. The van der Waals surface area contributed by atoms with Gasteiger partial charge in [0, 0.05) is 17.5 Å². The van der Waals surface area contributed by atoms with Crippen LogP contribution in [0.3, 0.4) is 0 Å². The third-order valence-electron chi connectivity index (χ3n) is 4.63. The molecule has 1 atom stereocenters. The third kappa shape index (κ3) is 2.83. The van der Waals surface area contributed by atoms with E-state index in [1.165, 1.54) is 41.7 Å². The van der Waals surface area contributed by atoms with Crippen LogP contribution in [0.4, 0.5) is 0 Å². The predicted molar refractivity (Wildman–Crippen MR) is 80.7 cm³/mol. The standard InChI is InChI=1S/C16H23NOS/c1-19-13-6-7-14-12(10-13)4-2-5-15(14)17-11-16(18)8-3-9-16/h6-7,10,15,17-18H,2-5,8-9,11H2,1H3. The first-order valence-electron chi connectivity index (χ1n) is 7.33. The summed E-state index contributed by atoms with van der Waals surface area (Å²) in [5, 5.41) is 13.8. The Hall–Kier alpha value is -0.510. The number of benzene rings is 1. The molecule has 104 valence electrons. The number of fused-ring (bicyclic) bond motifs is 1. The first-order chi connectivity index (χ1) is 9.20. The van der Waals surface area contributed by atoms with Gasteiger partial charge < -0.3 is 10.4 Å². The molecule has 0 aromatic heterocycles. The summed E-state index contributed by atoms with van der Waals surface area (Å²) in [5.41, 5.74) is 2.53. The van der Waals surface area contributed by atoms with Crippen LogP contribution in [-0.2, 0) is 6.42 Å². The molecule has 2 aliphatic rings. The molecule has 1 unspecified atom stereocenters. The maximum absolute atomic E-state index is 10.2. The SMILES string of the molecule is CSc1ccc2c(c1)CCCC2NCC1(O)CCC1. The van der Waals surface area contributed by atoms with Crippen LogP contribution in [0.1, 0.15) is 49.3 Å². The minimum absolute atomic E-state index is 0.420. The quantitative estimate of drug-likeness (QED) is 0.828. The van der Waals surface area contributed by atoms with Gasteiger partial charge in [0.1, 0.15) is 0 Å². The molecule has 2 nitrogen and oxygen atoms in total. The molecule has 0 bridgehead atoms. The van der Waals surface area contributed by atoms with E-state index in [0.29, 0.717) is 6.04 Å². The fourth-order valence-corrected chi connectivity index (χ4v) is 3.67. The van der Waals surface area contributed by atoms with Crippen molar-refractivity contribution < 1.29 is 5.11 Å². The van der Waals surface area contributed by atoms with E-state index in [1.807, 2.05) is 11.8 Å². The van der Waals surface area contributed by atoms with Crippen molar-refractivity contribution in [3.05, 3.63) is 29.3 Å². The van der Waals surface area contributed by atoms with Gasteiger partial charge in [-0.15, -0.1) is 11.8 Å². The molecule has 0 radical (unpaired) electrons. The second-order valence-electron chi connectivity index (χ2n) is 5.97. The molecule has 1 aromatic rings. The summed E-state index contributed by atoms with van der Waals surface area (Å²) in [7, 11) is 0. The predicted octanol–water partition coefficient (Wildman–Crippen LogP) is 3.29. The van der Waals surface area contributed by atoms with Crippen molar-refractivity contribution >= 4 is 11.8 Å². The van der Waals surface area contributed by atoms with Crippen molar-refractivity contribution in [1.82, 2.24) is 5.32 Å². The highest BCUT2D eigenvalue weighted by Crippen LogP contribution is 2.35. The Kier molecular flexibility index (Phi) is 3.88. The molecule has 19 heavy (non-hydrogen) atoms. The van der Waals surface area contributed by atoms with Crippen LogP contribution in [0.25, 0.3) is 0 Å². The number of thioether (sulfide) groups is 1. The summed E-state index contributed by atoms with van der Waals surface area (Å²) in [4.78, 5) is 1.36. The van der Waals surface area contributed by atoms with E-state index < -0.39 is 5.60 Å². The Morgan fingerprint density at radius 3 is 2.89 bits per heavy atom. The maximum atomic E-state index is 10.2. The summed E-state index contributed by atoms with van der Waals surface area (Å²) < 4.78 is 0. The van der Waals surface area contributed by atoms with E-state index in [1.54, 1.807) is 0 Å². The Morgan fingerprint density at radius 1 is 1.37 bits per heavy atom. The van der Waals surface area contributed by atoms with Crippen LogP contribution >= 0.6 is 11.8 Å². The molecule has 0 spiro atoms. The minimum atomic E-state index is -0.420. The highest BCUT2D eigenvalue weighted by molar-refractivity contribution is 7.98. The van der Waals surface area contributed by atoms with Gasteiger partial charge in [-0.2, -0.15) is 0 Å². The average Bonchev–Trinajstić information content (AvgIpc) is 2.42. The molecule has 0 aliphatic heterocycles. The van der Waals surface area contributed by atoms with Crippen LogP contribution in [0, 0.1) is 0 Å². The molecular formula is C16H23NOS. The second-order valence-corrected chi connectivity index (χ2v) is 6.85. The van der Waals surface area contributed by atoms with Crippen molar-refractivity contribution in [1.29, 1.82) is 0 Å². The highest BCUT2D eigenvalue weighted by atomic mass is 32.2. The van der Waals surface area contributed by atoms with Gasteiger partial charge in [-0.3, -0.25) is 0 Å². The Morgan fingerprint density at radius 2 is 2.21 bits per heavy atom. The van der Waals surface area contributed by atoms with Crippen molar-refractivity contribution in [2.75, 3.05) is 12.8 Å². The first-order valence-corrected chi connectivity index (χ1v) is 8.55. The van der Waals surface area contributed by atoms with Crippen LogP contribution in [0.2, 0.25) is 0 Å². The lowest BCUT2D eigenvalue weighted by molar-refractivity contribution is -0.0336.